The summed E-state index contributed by atoms with van der Waals surface area (Å²) in [4.78, 5) is 38.5. The summed E-state index contributed by atoms with van der Waals surface area (Å²) in [7, 11) is -2.68. The zero-order valence-electron chi connectivity index (χ0n) is 16.5. The molecule has 0 spiro atoms. The number of nitro benzene ring substituents is 1. The zero-order valence-corrected chi connectivity index (χ0v) is 17.4. The van der Waals surface area contributed by atoms with Gasteiger partial charge in [-0.25, -0.2) is 14.4 Å². The molecule has 11 nitrogen and oxygen atoms in total. The van der Waals surface area contributed by atoms with E-state index < -0.39 is 24.5 Å². The maximum atomic E-state index is 12.9. The minimum Gasteiger partial charge on any atom is -0.480 e. The minimum absolute atomic E-state index is 0.0371. The number of carboxylic acid groups (broad SMARTS) is 1. The predicted octanol–water partition coefficient (Wildman–Crippen LogP) is 3.25. The molecule has 31 heavy (non-hydrogen) atoms. The largest absolute Gasteiger partial charge is 0.480 e. The van der Waals surface area contributed by atoms with E-state index in [4.69, 9.17) is 13.9 Å². The number of rotatable bonds is 13. The quantitative estimate of drug-likeness (QED) is 0.209. The van der Waals surface area contributed by atoms with Crippen molar-refractivity contribution in [3.05, 3.63) is 70.3 Å². The number of carboxylic acids is 1. The molecule has 166 valence electrons. The molecule has 0 aliphatic rings. The smallest absolute Gasteiger partial charge is 0.379 e. The van der Waals surface area contributed by atoms with E-state index >= 15 is 0 Å². The number of aliphatic carboxylic acids is 1. The monoisotopic (exact) mass is 452 g/mol. The second kappa shape index (κ2) is 11.2. The number of hydrogen-bond donors (Lipinski definition) is 1. The number of hydrogen-bond acceptors (Lipinski definition) is 8. The Bertz CT molecular complexity index is 937. The fourth-order valence-electron chi connectivity index (χ4n) is 2.52. The number of carbonyl (C=O) groups is 2. The topological polar surface area (TPSA) is 146 Å². The summed E-state index contributed by atoms with van der Waals surface area (Å²) in [6, 6.07) is 12.2. The van der Waals surface area contributed by atoms with Gasteiger partial charge >= 0.3 is 13.6 Å². The fraction of sp³-hybridized carbons (Fsp3) is 0.263. The van der Waals surface area contributed by atoms with E-state index in [0.717, 1.165) is 12.7 Å². The van der Waals surface area contributed by atoms with Gasteiger partial charge in [-0.05, 0) is 24.1 Å². The standard InChI is InChI=1S/C19H21N2O9P/c1-28-31(27,30-17-9-7-16(8-10-17)21(25)26)12-11-18(19(23)24)20(14-22)29-13-15-5-3-2-4-6-15/h2-10,14,18H,11-13H2,1H3,(H,23,24). The van der Waals surface area contributed by atoms with Crippen LogP contribution in [0.25, 0.3) is 0 Å². The molecule has 2 aromatic rings. The van der Waals surface area contributed by atoms with Crippen molar-refractivity contribution >= 4 is 25.7 Å². The van der Waals surface area contributed by atoms with E-state index in [1.54, 1.807) is 30.3 Å². The number of nitrogens with zero attached hydrogens (tertiary/aromatic N) is 2. The molecule has 0 aromatic heterocycles. The van der Waals surface area contributed by atoms with Crippen molar-refractivity contribution in [1.29, 1.82) is 0 Å². The van der Waals surface area contributed by atoms with Gasteiger partial charge in [0.1, 0.15) is 12.4 Å². The van der Waals surface area contributed by atoms with E-state index in [2.05, 4.69) is 0 Å². The third-order valence-corrected chi connectivity index (χ3v) is 6.02. The van der Waals surface area contributed by atoms with E-state index in [9.17, 15) is 29.4 Å². The van der Waals surface area contributed by atoms with Gasteiger partial charge in [0, 0.05) is 19.2 Å². The first kappa shape index (κ1) is 24.0. The molecule has 12 heteroatoms. The van der Waals surface area contributed by atoms with Crippen molar-refractivity contribution in [1.82, 2.24) is 5.06 Å². The molecular formula is C19H21N2O9P. The molecular weight excluding hydrogens is 431 g/mol. The van der Waals surface area contributed by atoms with Gasteiger partial charge in [-0.1, -0.05) is 30.3 Å². The normalized spacial score (nSPS) is 13.6. The first-order chi connectivity index (χ1) is 14.8. The van der Waals surface area contributed by atoms with Gasteiger partial charge in [-0.3, -0.25) is 19.7 Å². The highest BCUT2D eigenvalue weighted by molar-refractivity contribution is 7.54. The van der Waals surface area contributed by atoms with Crippen LogP contribution in [-0.2, 0) is 30.1 Å². The lowest BCUT2D eigenvalue weighted by atomic mass is 10.2. The highest BCUT2D eigenvalue weighted by Crippen LogP contribution is 2.48. The summed E-state index contributed by atoms with van der Waals surface area (Å²) in [5.74, 6) is -1.31. The number of carbonyl (C=O) groups excluding carboxylic acids is 1. The first-order valence-electron chi connectivity index (χ1n) is 9.00. The molecule has 0 heterocycles. The van der Waals surface area contributed by atoms with Crippen molar-refractivity contribution in [3.63, 3.8) is 0 Å². The third-order valence-electron chi connectivity index (χ3n) is 4.17. The number of hydroxylamine groups is 2. The highest BCUT2D eigenvalue weighted by atomic mass is 31.2. The Balaban J connectivity index is 2.04. The van der Waals surface area contributed by atoms with E-state index in [-0.39, 0.29) is 37.0 Å². The van der Waals surface area contributed by atoms with Crippen LogP contribution in [0, 0.1) is 10.1 Å². The molecule has 0 saturated heterocycles. The van der Waals surface area contributed by atoms with Gasteiger partial charge in [-0.15, -0.1) is 0 Å². The van der Waals surface area contributed by atoms with Gasteiger partial charge < -0.3 is 14.2 Å². The van der Waals surface area contributed by atoms with E-state index in [1.165, 1.54) is 24.3 Å². The Morgan fingerprint density at radius 1 is 1.23 bits per heavy atom. The third kappa shape index (κ3) is 7.18. The molecule has 2 rings (SSSR count). The Kier molecular flexibility index (Phi) is 8.68. The van der Waals surface area contributed by atoms with E-state index in [1.807, 2.05) is 0 Å². The maximum absolute atomic E-state index is 12.9. The molecule has 0 radical (unpaired) electrons. The average molecular weight is 452 g/mol. The number of benzene rings is 2. The van der Waals surface area contributed by atoms with Crippen LogP contribution in [0.5, 0.6) is 5.75 Å². The molecule has 0 aliphatic carbocycles. The van der Waals surface area contributed by atoms with Gasteiger partial charge in [0.25, 0.3) is 5.69 Å². The Hall–Kier alpha value is -3.27. The lowest BCUT2D eigenvalue weighted by molar-refractivity contribution is -0.384. The summed E-state index contributed by atoms with van der Waals surface area (Å²) in [6.07, 6.45) is -0.409. The summed E-state index contributed by atoms with van der Waals surface area (Å²) in [5, 5.41) is 20.9. The molecule has 2 aromatic carbocycles. The molecule has 1 N–H and O–H groups in total. The second-order valence-corrected chi connectivity index (χ2v) is 8.44. The molecule has 0 saturated carbocycles. The van der Waals surface area contributed by atoms with Gasteiger partial charge in [0.2, 0.25) is 6.41 Å². The lowest BCUT2D eigenvalue weighted by Crippen LogP contribution is -2.41. The second-order valence-electron chi connectivity index (χ2n) is 6.23. The summed E-state index contributed by atoms with van der Waals surface area (Å²) in [6.45, 7) is -0.0371. The van der Waals surface area contributed by atoms with Crippen LogP contribution in [-0.4, -0.2) is 46.8 Å². The van der Waals surface area contributed by atoms with Crippen LogP contribution in [0.15, 0.2) is 54.6 Å². The van der Waals surface area contributed by atoms with Crippen molar-refractivity contribution < 1.29 is 38.1 Å². The van der Waals surface area contributed by atoms with Crippen molar-refractivity contribution in [2.24, 2.45) is 0 Å². The van der Waals surface area contributed by atoms with Crippen LogP contribution in [0.4, 0.5) is 5.69 Å². The minimum atomic E-state index is -3.81. The number of amides is 1. The fourth-order valence-corrected chi connectivity index (χ4v) is 3.87. The summed E-state index contributed by atoms with van der Waals surface area (Å²) < 4.78 is 23.1. The number of non-ortho nitro benzene ring substituents is 1. The predicted molar refractivity (Wildman–Crippen MR) is 108 cm³/mol. The Morgan fingerprint density at radius 3 is 2.39 bits per heavy atom. The van der Waals surface area contributed by atoms with Crippen molar-refractivity contribution in [2.45, 2.75) is 19.1 Å². The molecule has 0 fully saturated rings. The van der Waals surface area contributed by atoms with Crippen LogP contribution in [0.1, 0.15) is 12.0 Å². The summed E-state index contributed by atoms with van der Waals surface area (Å²) in [5.41, 5.74) is 0.547. The van der Waals surface area contributed by atoms with Gasteiger partial charge in [-0.2, -0.15) is 0 Å². The van der Waals surface area contributed by atoms with Crippen LogP contribution in [0.2, 0.25) is 0 Å². The maximum Gasteiger partial charge on any atom is 0.379 e. The molecule has 2 atom stereocenters. The zero-order chi connectivity index (χ0) is 22.9. The first-order valence-corrected chi connectivity index (χ1v) is 10.7. The van der Waals surface area contributed by atoms with Crippen molar-refractivity contribution in [2.75, 3.05) is 13.3 Å². The summed E-state index contributed by atoms with van der Waals surface area (Å²) >= 11 is 0. The van der Waals surface area contributed by atoms with Crippen molar-refractivity contribution in [3.8, 4) is 5.75 Å². The van der Waals surface area contributed by atoms with E-state index in [0.29, 0.717) is 5.06 Å². The lowest BCUT2D eigenvalue weighted by Gasteiger charge is -2.25. The van der Waals surface area contributed by atoms with Gasteiger partial charge in [0.05, 0.1) is 11.1 Å². The highest BCUT2D eigenvalue weighted by Gasteiger charge is 2.32. The molecule has 0 bridgehead atoms. The van der Waals surface area contributed by atoms with Crippen LogP contribution >= 0.6 is 7.60 Å². The number of nitro groups is 1. The molecule has 0 aliphatic heterocycles. The average Bonchev–Trinajstić information content (AvgIpc) is 2.76. The Morgan fingerprint density at radius 2 is 1.87 bits per heavy atom. The Labute approximate surface area is 177 Å². The molecule has 1 amide bonds. The van der Waals surface area contributed by atoms with Crippen LogP contribution in [0.3, 0.4) is 0 Å². The molecule has 2 unspecified atom stereocenters. The van der Waals surface area contributed by atoms with Crippen LogP contribution < -0.4 is 4.52 Å². The SMILES string of the molecule is COP(=O)(CCC(C(=O)O)N(C=O)OCc1ccccc1)Oc1ccc([N+](=O)[O-])cc1. The van der Waals surface area contributed by atoms with Gasteiger partial charge in [0.15, 0.2) is 6.04 Å².